The number of phenolic OH excluding ortho intramolecular Hbond substituents is 1. The van der Waals surface area contributed by atoms with Gasteiger partial charge in [-0.15, -0.1) is 0 Å². The molecule has 5 heteroatoms. The molecular formula is C18H19FN2O2. The van der Waals surface area contributed by atoms with Crippen LogP contribution in [0.4, 0.5) is 9.18 Å². The van der Waals surface area contributed by atoms with Crippen molar-refractivity contribution in [3.8, 4) is 5.75 Å². The van der Waals surface area contributed by atoms with Crippen molar-refractivity contribution in [3.63, 3.8) is 0 Å². The molecule has 2 aromatic rings. The Morgan fingerprint density at radius 3 is 2.65 bits per heavy atom. The van der Waals surface area contributed by atoms with E-state index in [1.54, 1.807) is 0 Å². The van der Waals surface area contributed by atoms with Crippen LogP contribution in [0.5, 0.6) is 5.75 Å². The fraction of sp³-hybridized carbons (Fsp3) is 0.278. The van der Waals surface area contributed by atoms with Gasteiger partial charge in [-0.05, 0) is 36.0 Å². The summed E-state index contributed by atoms with van der Waals surface area (Å²) in [5.41, 5.74) is 1.40. The van der Waals surface area contributed by atoms with E-state index in [0.717, 1.165) is 6.42 Å². The fourth-order valence-electron chi connectivity index (χ4n) is 2.76. The van der Waals surface area contributed by atoms with Crippen LogP contribution in [0.25, 0.3) is 0 Å². The first-order valence-electron chi connectivity index (χ1n) is 7.68. The number of aromatic hydroxyl groups is 1. The van der Waals surface area contributed by atoms with E-state index in [4.69, 9.17) is 0 Å². The van der Waals surface area contributed by atoms with E-state index in [1.165, 1.54) is 23.8 Å². The highest BCUT2D eigenvalue weighted by molar-refractivity contribution is 5.74. The van der Waals surface area contributed by atoms with Crippen molar-refractivity contribution >= 4 is 6.03 Å². The van der Waals surface area contributed by atoms with E-state index in [2.05, 4.69) is 22.8 Å². The molecule has 1 aliphatic carbocycles. The number of hydrogen-bond donors (Lipinski definition) is 3. The van der Waals surface area contributed by atoms with Crippen LogP contribution in [0.2, 0.25) is 0 Å². The maximum absolute atomic E-state index is 13.5. The first kappa shape index (κ1) is 15.3. The lowest BCUT2D eigenvalue weighted by Gasteiger charge is -2.09. The summed E-state index contributed by atoms with van der Waals surface area (Å²) < 4.78 is 13.5. The van der Waals surface area contributed by atoms with Crippen LogP contribution in [-0.4, -0.2) is 17.7 Å². The number of carbonyl (C=O) groups excluding carboxylic acids is 1. The summed E-state index contributed by atoms with van der Waals surface area (Å²) in [6, 6.07) is 14.0. The summed E-state index contributed by atoms with van der Waals surface area (Å²) in [5, 5.41) is 14.9. The topological polar surface area (TPSA) is 61.4 Å². The average molecular weight is 314 g/mol. The Hall–Kier alpha value is -2.56. The van der Waals surface area contributed by atoms with E-state index in [0.29, 0.717) is 18.4 Å². The molecule has 2 aromatic carbocycles. The highest BCUT2D eigenvalue weighted by atomic mass is 19.1. The van der Waals surface area contributed by atoms with Gasteiger partial charge in [0.2, 0.25) is 0 Å². The maximum atomic E-state index is 13.5. The molecule has 4 nitrogen and oxygen atoms in total. The van der Waals surface area contributed by atoms with Crippen molar-refractivity contribution in [1.29, 1.82) is 0 Å². The van der Waals surface area contributed by atoms with Gasteiger partial charge in [0.1, 0.15) is 11.6 Å². The molecule has 0 bridgehead atoms. The van der Waals surface area contributed by atoms with E-state index in [9.17, 15) is 14.3 Å². The van der Waals surface area contributed by atoms with Gasteiger partial charge in [0.15, 0.2) is 0 Å². The van der Waals surface area contributed by atoms with Gasteiger partial charge in [-0.3, -0.25) is 0 Å². The second kappa shape index (κ2) is 6.69. The molecule has 3 rings (SSSR count). The van der Waals surface area contributed by atoms with E-state index < -0.39 is 5.82 Å². The molecule has 1 fully saturated rings. The minimum atomic E-state index is -0.531. The smallest absolute Gasteiger partial charge is 0.315 e. The summed E-state index contributed by atoms with van der Waals surface area (Å²) in [6.07, 6.45) is 1.07. The molecule has 3 N–H and O–H groups in total. The largest absolute Gasteiger partial charge is 0.507 e. The number of halogens is 1. The third-order valence-electron chi connectivity index (χ3n) is 4.19. The quantitative estimate of drug-likeness (QED) is 0.794. The molecule has 0 aliphatic heterocycles. The molecule has 2 atom stereocenters. The van der Waals surface area contributed by atoms with Gasteiger partial charge in [0.05, 0.1) is 6.54 Å². The number of amides is 2. The number of benzene rings is 2. The van der Waals surface area contributed by atoms with Gasteiger partial charge < -0.3 is 15.7 Å². The molecule has 1 aliphatic rings. The highest BCUT2D eigenvalue weighted by Crippen LogP contribution is 2.46. The molecule has 1 saturated carbocycles. The van der Waals surface area contributed by atoms with Crippen molar-refractivity contribution in [2.75, 3.05) is 6.54 Å². The van der Waals surface area contributed by atoms with E-state index in [1.807, 2.05) is 18.2 Å². The molecule has 0 saturated heterocycles. The minimum Gasteiger partial charge on any atom is -0.507 e. The van der Waals surface area contributed by atoms with Crippen molar-refractivity contribution in [3.05, 3.63) is 65.5 Å². The Morgan fingerprint density at radius 1 is 1.13 bits per heavy atom. The van der Waals surface area contributed by atoms with Gasteiger partial charge >= 0.3 is 6.03 Å². The summed E-state index contributed by atoms with van der Waals surface area (Å²) >= 11 is 0. The first-order chi connectivity index (χ1) is 11.1. The standard InChI is InChI=1S/C18H19FN2O2/c19-16-7-4-8-17(22)15(16)11-21-18(23)20-10-13-9-14(13)12-5-2-1-3-6-12/h1-8,13-14,22H,9-11H2,(H2,20,21,23)/t13-,14-/m0/s1. The van der Waals surface area contributed by atoms with Gasteiger partial charge in [-0.25, -0.2) is 9.18 Å². The van der Waals surface area contributed by atoms with Crippen molar-refractivity contribution in [1.82, 2.24) is 10.6 Å². The van der Waals surface area contributed by atoms with Gasteiger partial charge in [0.25, 0.3) is 0 Å². The Kier molecular flexibility index (Phi) is 4.46. The fourth-order valence-corrected chi connectivity index (χ4v) is 2.76. The molecule has 0 aromatic heterocycles. The molecule has 0 heterocycles. The van der Waals surface area contributed by atoms with Gasteiger partial charge in [0, 0.05) is 12.1 Å². The Morgan fingerprint density at radius 2 is 1.91 bits per heavy atom. The molecule has 2 amide bonds. The normalized spacial score (nSPS) is 19.2. The molecule has 23 heavy (non-hydrogen) atoms. The SMILES string of the molecule is O=C(NCc1c(O)cccc1F)NC[C@@H]1C[C@H]1c1ccccc1. The minimum absolute atomic E-state index is 0.0445. The Bertz CT molecular complexity index is 670. The average Bonchev–Trinajstić information content (AvgIpc) is 3.33. The van der Waals surface area contributed by atoms with Crippen LogP contribution in [0, 0.1) is 11.7 Å². The van der Waals surface area contributed by atoms with Crippen LogP contribution in [-0.2, 0) is 6.54 Å². The second-order valence-electron chi connectivity index (χ2n) is 5.81. The monoisotopic (exact) mass is 314 g/mol. The summed E-state index contributed by atoms with van der Waals surface area (Å²) in [7, 11) is 0. The summed E-state index contributed by atoms with van der Waals surface area (Å²) in [4.78, 5) is 11.8. The third kappa shape index (κ3) is 3.80. The number of urea groups is 1. The van der Waals surface area contributed by atoms with Crippen LogP contribution >= 0.6 is 0 Å². The predicted molar refractivity (Wildman–Crippen MR) is 85.6 cm³/mol. The van der Waals surface area contributed by atoms with Crippen molar-refractivity contribution in [2.24, 2.45) is 5.92 Å². The van der Waals surface area contributed by atoms with E-state index in [-0.39, 0.29) is 23.9 Å². The molecule has 0 unspecified atom stereocenters. The lowest BCUT2D eigenvalue weighted by Crippen LogP contribution is -2.36. The van der Waals surface area contributed by atoms with Crippen LogP contribution in [0.15, 0.2) is 48.5 Å². The van der Waals surface area contributed by atoms with Gasteiger partial charge in [-0.2, -0.15) is 0 Å². The molecule has 0 radical (unpaired) electrons. The number of nitrogens with one attached hydrogen (secondary N) is 2. The van der Waals surface area contributed by atoms with Crippen LogP contribution in [0.3, 0.4) is 0 Å². The summed E-state index contributed by atoms with van der Waals surface area (Å²) in [6.45, 7) is 0.547. The van der Waals surface area contributed by atoms with Crippen molar-refractivity contribution < 1.29 is 14.3 Å². The predicted octanol–water partition coefficient (Wildman–Crippen LogP) is 3.13. The van der Waals surface area contributed by atoms with Gasteiger partial charge in [-0.1, -0.05) is 36.4 Å². The maximum Gasteiger partial charge on any atom is 0.315 e. The molecule has 0 spiro atoms. The molecular weight excluding hydrogens is 295 g/mol. The van der Waals surface area contributed by atoms with E-state index >= 15 is 0 Å². The highest BCUT2D eigenvalue weighted by Gasteiger charge is 2.37. The zero-order valence-corrected chi connectivity index (χ0v) is 12.6. The number of rotatable bonds is 5. The number of carbonyl (C=O) groups is 1. The third-order valence-corrected chi connectivity index (χ3v) is 4.19. The Balaban J connectivity index is 1.43. The first-order valence-corrected chi connectivity index (χ1v) is 7.68. The zero-order valence-electron chi connectivity index (χ0n) is 12.6. The molecule has 120 valence electrons. The zero-order chi connectivity index (χ0) is 16.2. The summed E-state index contributed by atoms with van der Waals surface area (Å²) in [5.74, 6) is 0.269. The van der Waals surface area contributed by atoms with Crippen LogP contribution in [0.1, 0.15) is 23.5 Å². The lowest BCUT2D eigenvalue weighted by molar-refractivity contribution is 0.240. The second-order valence-corrected chi connectivity index (χ2v) is 5.81. The van der Waals surface area contributed by atoms with Crippen LogP contribution < -0.4 is 10.6 Å². The Labute approximate surface area is 134 Å². The number of phenols is 1. The lowest BCUT2D eigenvalue weighted by atomic mass is 10.1. The van der Waals surface area contributed by atoms with Crippen molar-refractivity contribution in [2.45, 2.75) is 18.9 Å². The number of hydrogen-bond acceptors (Lipinski definition) is 2.